The summed E-state index contributed by atoms with van der Waals surface area (Å²) in [6.45, 7) is -1.31. The van der Waals surface area contributed by atoms with Crippen LogP contribution in [0.2, 0.25) is 0 Å². The van der Waals surface area contributed by atoms with Crippen molar-refractivity contribution in [1.82, 2.24) is 0 Å². The maximum absolute atomic E-state index is 12.2. The standard InChI is InChI=1S/C16H13F3N2O4/c1-23-8-12-3-5-14(25-12)15(22)21-11-2-4-13(10(6-11)7-20)24-9-16(17,18)19/h2-6H,8-9H2,1H3,(H,21,22). The summed E-state index contributed by atoms with van der Waals surface area (Å²) in [5.74, 6) is -0.308. The fraction of sp³-hybridized carbons (Fsp3) is 0.250. The highest BCUT2D eigenvalue weighted by atomic mass is 19.4. The molecule has 1 aromatic heterocycles. The Kier molecular flexibility index (Phi) is 5.67. The number of hydrogen-bond acceptors (Lipinski definition) is 5. The molecule has 2 aromatic rings. The van der Waals surface area contributed by atoms with Crippen LogP contribution in [0.3, 0.4) is 0 Å². The fourth-order valence-corrected chi connectivity index (χ4v) is 1.89. The second-order valence-corrected chi connectivity index (χ2v) is 4.88. The van der Waals surface area contributed by atoms with Crippen molar-refractivity contribution in [2.45, 2.75) is 12.8 Å². The summed E-state index contributed by atoms with van der Waals surface area (Å²) < 4.78 is 51.3. The molecule has 6 nitrogen and oxygen atoms in total. The summed E-state index contributed by atoms with van der Waals surface area (Å²) in [7, 11) is 1.48. The third-order valence-corrected chi connectivity index (χ3v) is 2.92. The van der Waals surface area contributed by atoms with Gasteiger partial charge < -0.3 is 19.2 Å². The van der Waals surface area contributed by atoms with Gasteiger partial charge in [-0.2, -0.15) is 18.4 Å². The molecule has 1 aromatic carbocycles. The first kappa shape index (κ1) is 18.4. The average molecular weight is 354 g/mol. The first-order chi connectivity index (χ1) is 11.8. The van der Waals surface area contributed by atoms with E-state index in [1.807, 2.05) is 0 Å². The van der Waals surface area contributed by atoms with Crippen molar-refractivity contribution in [2.24, 2.45) is 0 Å². The molecule has 0 saturated heterocycles. The summed E-state index contributed by atoms with van der Waals surface area (Å²) in [6.07, 6.45) is -4.52. The Morgan fingerprint density at radius 2 is 2.08 bits per heavy atom. The lowest BCUT2D eigenvalue weighted by atomic mass is 10.2. The highest BCUT2D eigenvalue weighted by Crippen LogP contribution is 2.25. The smallest absolute Gasteiger partial charge is 0.422 e. The predicted octanol–water partition coefficient (Wildman–Crippen LogP) is 3.49. The number of carbonyl (C=O) groups is 1. The number of ether oxygens (including phenoxy) is 2. The average Bonchev–Trinajstić information content (AvgIpc) is 3.02. The molecule has 1 amide bonds. The van der Waals surface area contributed by atoms with Gasteiger partial charge in [-0.25, -0.2) is 0 Å². The van der Waals surface area contributed by atoms with Crippen LogP contribution in [0, 0.1) is 11.3 Å². The Morgan fingerprint density at radius 1 is 1.32 bits per heavy atom. The van der Waals surface area contributed by atoms with Crippen molar-refractivity contribution in [3.8, 4) is 11.8 Å². The first-order valence-electron chi connectivity index (χ1n) is 6.95. The van der Waals surface area contributed by atoms with Gasteiger partial charge in [-0.15, -0.1) is 0 Å². The number of hydrogen-bond donors (Lipinski definition) is 1. The molecule has 0 aliphatic rings. The van der Waals surface area contributed by atoms with Crippen LogP contribution in [0.5, 0.6) is 5.75 Å². The van der Waals surface area contributed by atoms with Gasteiger partial charge in [0, 0.05) is 12.8 Å². The highest BCUT2D eigenvalue weighted by molar-refractivity contribution is 6.02. The third-order valence-electron chi connectivity index (χ3n) is 2.92. The molecule has 25 heavy (non-hydrogen) atoms. The van der Waals surface area contributed by atoms with Crippen LogP contribution in [0.25, 0.3) is 0 Å². The van der Waals surface area contributed by atoms with Crippen LogP contribution >= 0.6 is 0 Å². The Morgan fingerprint density at radius 3 is 2.72 bits per heavy atom. The number of amides is 1. The monoisotopic (exact) mass is 354 g/mol. The van der Waals surface area contributed by atoms with E-state index in [9.17, 15) is 18.0 Å². The second kappa shape index (κ2) is 7.72. The van der Waals surface area contributed by atoms with E-state index < -0.39 is 18.7 Å². The molecule has 0 fully saturated rings. The summed E-state index contributed by atoms with van der Waals surface area (Å²) >= 11 is 0. The van der Waals surface area contributed by atoms with Gasteiger partial charge >= 0.3 is 6.18 Å². The minimum atomic E-state index is -4.52. The maximum Gasteiger partial charge on any atom is 0.422 e. The van der Waals surface area contributed by atoms with Crippen molar-refractivity contribution in [3.05, 3.63) is 47.4 Å². The van der Waals surface area contributed by atoms with E-state index in [-0.39, 0.29) is 29.4 Å². The Labute approximate surface area is 140 Å². The van der Waals surface area contributed by atoms with Crippen LogP contribution in [-0.4, -0.2) is 25.8 Å². The van der Waals surface area contributed by atoms with Crippen molar-refractivity contribution in [2.75, 3.05) is 19.0 Å². The number of anilines is 1. The normalized spacial score (nSPS) is 11.0. The van der Waals surface area contributed by atoms with E-state index in [1.54, 1.807) is 12.1 Å². The molecular formula is C16H13F3N2O4. The van der Waals surface area contributed by atoms with Crippen LogP contribution in [0.15, 0.2) is 34.7 Å². The number of carbonyl (C=O) groups excluding carboxylic acids is 1. The number of nitriles is 1. The summed E-state index contributed by atoms with van der Waals surface area (Å²) in [6, 6.07) is 8.47. The number of benzene rings is 1. The number of rotatable bonds is 6. The van der Waals surface area contributed by atoms with Gasteiger partial charge in [0.15, 0.2) is 12.4 Å². The van der Waals surface area contributed by atoms with E-state index in [2.05, 4.69) is 10.1 Å². The zero-order valence-electron chi connectivity index (χ0n) is 13.0. The molecule has 0 spiro atoms. The summed E-state index contributed by atoms with van der Waals surface area (Å²) in [5.41, 5.74) is 0.0761. The number of halogens is 3. The van der Waals surface area contributed by atoms with E-state index in [0.717, 1.165) is 0 Å². The van der Waals surface area contributed by atoms with Crippen molar-refractivity contribution in [3.63, 3.8) is 0 Å². The molecule has 0 unspecified atom stereocenters. The zero-order chi connectivity index (χ0) is 18.4. The van der Waals surface area contributed by atoms with Gasteiger partial charge in [-0.1, -0.05) is 0 Å². The molecule has 0 bridgehead atoms. The maximum atomic E-state index is 12.2. The molecule has 2 rings (SSSR count). The van der Waals surface area contributed by atoms with Gasteiger partial charge in [0.25, 0.3) is 5.91 Å². The molecule has 1 heterocycles. The Bertz CT molecular complexity index is 793. The van der Waals surface area contributed by atoms with Crippen LogP contribution in [0.4, 0.5) is 18.9 Å². The first-order valence-corrected chi connectivity index (χ1v) is 6.95. The molecule has 132 valence electrons. The minimum Gasteiger partial charge on any atom is -0.483 e. The zero-order valence-corrected chi connectivity index (χ0v) is 13.0. The summed E-state index contributed by atoms with van der Waals surface area (Å²) in [4.78, 5) is 12.1. The van der Waals surface area contributed by atoms with Gasteiger partial charge in [-0.05, 0) is 30.3 Å². The lowest BCUT2D eigenvalue weighted by Crippen LogP contribution is -2.19. The molecule has 0 aliphatic carbocycles. The van der Waals surface area contributed by atoms with Gasteiger partial charge in [0.1, 0.15) is 24.2 Å². The number of furan rings is 1. The van der Waals surface area contributed by atoms with Gasteiger partial charge in [0.05, 0.1) is 5.56 Å². The number of alkyl halides is 3. The van der Waals surface area contributed by atoms with Crippen LogP contribution < -0.4 is 10.1 Å². The lowest BCUT2D eigenvalue weighted by Gasteiger charge is -2.11. The predicted molar refractivity (Wildman–Crippen MR) is 80.1 cm³/mol. The number of nitrogens with one attached hydrogen (secondary N) is 1. The van der Waals surface area contributed by atoms with Crippen molar-refractivity contribution < 1.29 is 31.9 Å². The van der Waals surface area contributed by atoms with Gasteiger partial charge in [-0.3, -0.25) is 4.79 Å². The third kappa shape index (κ3) is 5.26. The summed E-state index contributed by atoms with van der Waals surface area (Å²) in [5, 5.41) is 11.5. The SMILES string of the molecule is COCc1ccc(C(=O)Nc2ccc(OCC(F)(F)F)c(C#N)c2)o1. The quantitative estimate of drug-likeness (QED) is 0.858. The largest absolute Gasteiger partial charge is 0.483 e. The van der Waals surface area contributed by atoms with Crippen molar-refractivity contribution >= 4 is 11.6 Å². The molecule has 0 saturated carbocycles. The fourth-order valence-electron chi connectivity index (χ4n) is 1.89. The molecule has 0 radical (unpaired) electrons. The van der Waals surface area contributed by atoms with E-state index >= 15 is 0 Å². The number of nitrogens with zero attached hydrogens (tertiary/aromatic N) is 1. The highest BCUT2D eigenvalue weighted by Gasteiger charge is 2.28. The van der Waals surface area contributed by atoms with Crippen LogP contribution in [-0.2, 0) is 11.3 Å². The van der Waals surface area contributed by atoms with Gasteiger partial charge in [0.2, 0.25) is 0 Å². The topological polar surface area (TPSA) is 84.5 Å². The molecule has 0 atom stereocenters. The number of methoxy groups -OCH3 is 1. The molecule has 0 aliphatic heterocycles. The Hall–Kier alpha value is -2.99. The van der Waals surface area contributed by atoms with E-state index in [0.29, 0.717) is 5.76 Å². The van der Waals surface area contributed by atoms with E-state index in [1.165, 1.54) is 31.4 Å². The minimum absolute atomic E-state index is 0.0305. The van der Waals surface area contributed by atoms with Crippen molar-refractivity contribution in [1.29, 1.82) is 5.26 Å². The van der Waals surface area contributed by atoms with Crippen LogP contribution in [0.1, 0.15) is 21.9 Å². The van der Waals surface area contributed by atoms with E-state index in [4.69, 9.17) is 14.4 Å². The lowest BCUT2D eigenvalue weighted by molar-refractivity contribution is -0.153. The molecule has 9 heteroatoms. The Balaban J connectivity index is 2.09. The molecular weight excluding hydrogens is 341 g/mol. The second-order valence-electron chi connectivity index (χ2n) is 4.88. The molecule has 1 N–H and O–H groups in total.